The summed E-state index contributed by atoms with van der Waals surface area (Å²) in [4.78, 5) is 22.3. The van der Waals surface area contributed by atoms with E-state index in [9.17, 15) is 9.59 Å². The molecule has 0 aliphatic rings. The molecule has 1 aromatic carbocycles. The summed E-state index contributed by atoms with van der Waals surface area (Å²) in [5.74, 6) is -0.608. The van der Waals surface area contributed by atoms with Gasteiger partial charge in [-0.15, -0.1) is 0 Å². The number of carboxylic acids is 1. The highest BCUT2D eigenvalue weighted by Gasteiger charge is 2.10. The molecule has 2 aromatic rings. The summed E-state index contributed by atoms with van der Waals surface area (Å²) in [7, 11) is 0. The first-order chi connectivity index (χ1) is 9.54. The van der Waals surface area contributed by atoms with Crippen LogP contribution in [0.1, 0.15) is 28.2 Å². The molecular formula is C14H14N2O4. The molecule has 0 saturated heterocycles. The summed E-state index contributed by atoms with van der Waals surface area (Å²) in [6, 6.07) is 8.57. The number of hydrogen-bond donors (Lipinski definition) is 2. The minimum Gasteiger partial charge on any atom is -0.481 e. The van der Waals surface area contributed by atoms with Gasteiger partial charge in [-0.3, -0.25) is 9.59 Å². The average molecular weight is 274 g/mol. The number of carbonyl (C=O) groups is 2. The molecule has 0 fully saturated rings. The normalized spacial score (nSPS) is 10.2. The van der Waals surface area contributed by atoms with E-state index in [1.54, 1.807) is 37.3 Å². The number of amides is 1. The number of aryl methyl sites for hydroxylation is 2. The molecule has 1 amide bonds. The van der Waals surface area contributed by atoms with Gasteiger partial charge >= 0.3 is 5.97 Å². The minimum atomic E-state index is -0.830. The average Bonchev–Trinajstić information content (AvgIpc) is 2.85. The highest BCUT2D eigenvalue weighted by atomic mass is 16.5. The van der Waals surface area contributed by atoms with Crippen molar-refractivity contribution in [2.24, 2.45) is 0 Å². The van der Waals surface area contributed by atoms with Crippen LogP contribution in [0.4, 0.5) is 5.69 Å². The first kappa shape index (κ1) is 13.8. The molecule has 1 aromatic heterocycles. The van der Waals surface area contributed by atoms with Gasteiger partial charge in [-0.05, 0) is 31.0 Å². The first-order valence-electron chi connectivity index (χ1n) is 6.10. The van der Waals surface area contributed by atoms with Crippen LogP contribution in [0.3, 0.4) is 0 Å². The molecule has 1 heterocycles. The predicted octanol–water partition coefficient (Wildman–Crippen LogP) is 2.25. The van der Waals surface area contributed by atoms with Crippen LogP contribution in [0.5, 0.6) is 0 Å². The van der Waals surface area contributed by atoms with Crippen molar-refractivity contribution >= 4 is 17.6 Å². The Morgan fingerprint density at radius 1 is 1.30 bits per heavy atom. The molecule has 0 spiro atoms. The Balaban J connectivity index is 1.96. The summed E-state index contributed by atoms with van der Waals surface area (Å²) in [6.07, 6.45) is 0.552. The van der Waals surface area contributed by atoms with E-state index in [0.717, 1.165) is 5.56 Å². The first-order valence-corrected chi connectivity index (χ1v) is 6.10. The van der Waals surface area contributed by atoms with E-state index in [4.69, 9.17) is 9.63 Å². The Labute approximate surface area is 115 Å². The van der Waals surface area contributed by atoms with E-state index < -0.39 is 5.97 Å². The maximum atomic E-state index is 11.8. The van der Waals surface area contributed by atoms with Gasteiger partial charge in [-0.2, -0.15) is 0 Å². The van der Waals surface area contributed by atoms with Crippen LogP contribution in [-0.4, -0.2) is 22.1 Å². The summed E-state index contributed by atoms with van der Waals surface area (Å²) < 4.78 is 4.83. The number of benzene rings is 1. The van der Waals surface area contributed by atoms with Gasteiger partial charge < -0.3 is 14.9 Å². The number of rotatable bonds is 5. The molecule has 6 nitrogen and oxygen atoms in total. The zero-order valence-electron chi connectivity index (χ0n) is 10.9. The molecular weight excluding hydrogens is 260 g/mol. The smallest absolute Gasteiger partial charge is 0.303 e. The Hall–Kier alpha value is -2.63. The number of aromatic nitrogens is 1. The van der Waals surface area contributed by atoms with Crippen LogP contribution in [-0.2, 0) is 11.2 Å². The van der Waals surface area contributed by atoms with E-state index in [2.05, 4.69) is 10.5 Å². The summed E-state index contributed by atoms with van der Waals surface area (Å²) in [5.41, 5.74) is 1.75. The fraction of sp³-hybridized carbons (Fsp3) is 0.214. The molecule has 104 valence electrons. The third-order valence-electron chi connectivity index (χ3n) is 2.70. The van der Waals surface area contributed by atoms with Crippen LogP contribution in [0.15, 0.2) is 34.9 Å². The van der Waals surface area contributed by atoms with Gasteiger partial charge in [0.05, 0.1) is 0 Å². The number of hydrogen-bond acceptors (Lipinski definition) is 4. The third kappa shape index (κ3) is 3.68. The molecule has 6 heteroatoms. The lowest BCUT2D eigenvalue weighted by Crippen LogP contribution is -2.12. The fourth-order valence-electron chi connectivity index (χ4n) is 1.67. The standard InChI is InChI=1S/C14H14N2O4/c1-9-8-12(16-20-9)14(19)15-11-5-2-10(3-6-11)4-7-13(17)18/h2-3,5-6,8H,4,7H2,1H3,(H,15,19)(H,17,18). The topological polar surface area (TPSA) is 92.4 Å². The zero-order chi connectivity index (χ0) is 14.5. The fourth-order valence-corrected chi connectivity index (χ4v) is 1.67. The number of carbonyl (C=O) groups excluding carboxylic acids is 1. The molecule has 0 aliphatic heterocycles. The maximum Gasteiger partial charge on any atom is 0.303 e. The van der Waals surface area contributed by atoms with Gasteiger partial charge in [0.2, 0.25) is 0 Å². The highest BCUT2D eigenvalue weighted by molar-refractivity contribution is 6.02. The lowest BCUT2D eigenvalue weighted by Gasteiger charge is -2.04. The lowest BCUT2D eigenvalue weighted by molar-refractivity contribution is -0.136. The number of carboxylic acid groups (broad SMARTS) is 1. The summed E-state index contributed by atoms with van der Waals surface area (Å²) >= 11 is 0. The van der Waals surface area contributed by atoms with Crippen LogP contribution in [0.25, 0.3) is 0 Å². The molecule has 0 unspecified atom stereocenters. The molecule has 2 rings (SSSR count). The van der Waals surface area contributed by atoms with Gasteiger partial charge in [0.1, 0.15) is 5.76 Å². The molecule has 2 N–H and O–H groups in total. The quantitative estimate of drug-likeness (QED) is 0.872. The molecule has 0 radical (unpaired) electrons. The predicted molar refractivity (Wildman–Crippen MR) is 71.6 cm³/mol. The van der Waals surface area contributed by atoms with Crippen molar-refractivity contribution in [3.63, 3.8) is 0 Å². The number of aliphatic carboxylic acids is 1. The van der Waals surface area contributed by atoms with Crippen molar-refractivity contribution < 1.29 is 19.2 Å². The Morgan fingerprint density at radius 2 is 2.00 bits per heavy atom. The number of nitrogens with zero attached hydrogens (tertiary/aromatic N) is 1. The monoisotopic (exact) mass is 274 g/mol. The highest BCUT2D eigenvalue weighted by Crippen LogP contribution is 2.12. The van der Waals surface area contributed by atoms with Crippen LogP contribution < -0.4 is 5.32 Å². The molecule has 0 bridgehead atoms. The molecule has 0 aliphatic carbocycles. The van der Waals surface area contributed by atoms with Crippen molar-refractivity contribution in [2.75, 3.05) is 5.32 Å². The SMILES string of the molecule is Cc1cc(C(=O)Nc2ccc(CCC(=O)O)cc2)no1. The van der Waals surface area contributed by atoms with E-state index >= 15 is 0 Å². The second-order valence-corrected chi connectivity index (χ2v) is 4.37. The zero-order valence-corrected chi connectivity index (χ0v) is 10.9. The van der Waals surface area contributed by atoms with Gasteiger partial charge in [0.15, 0.2) is 5.69 Å². The molecule has 20 heavy (non-hydrogen) atoms. The van der Waals surface area contributed by atoms with Gasteiger partial charge in [-0.1, -0.05) is 17.3 Å². The summed E-state index contributed by atoms with van der Waals surface area (Å²) in [6.45, 7) is 1.71. The number of anilines is 1. The third-order valence-corrected chi connectivity index (χ3v) is 2.70. The maximum absolute atomic E-state index is 11.8. The van der Waals surface area contributed by atoms with Crippen molar-refractivity contribution in [2.45, 2.75) is 19.8 Å². The van der Waals surface area contributed by atoms with Crippen molar-refractivity contribution in [3.8, 4) is 0 Å². The van der Waals surface area contributed by atoms with Crippen molar-refractivity contribution in [1.29, 1.82) is 0 Å². The Bertz CT molecular complexity index is 616. The van der Waals surface area contributed by atoms with Crippen LogP contribution in [0.2, 0.25) is 0 Å². The van der Waals surface area contributed by atoms with Crippen LogP contribution in [0, 0.1) is 6.92 Å². The molecule has 0 saturated carbocycles. The Kier molecular flexibility index (Phi) is 4.14. The van der Waals surface area contributed by atoms with Crippen LogP contribution >= 0.6 is 0 Å². The van der Waals surface area contributed by atoms with Gasteiger partial charge in [-0.25, -0.2) is 0 Å². The molecule has 0 atom stereocenters. The number of nitrogens with one attached hydrogen (secondary N) is 1. The summed E-state index contributed by atoms with van der Waals surface area (Å²) in [5, 5.41) is 14.9. The van der Waals surface area contributed by atoms with Crippen molar-refractivity contribution in [3.05, 3.63) is 47.3 Å². The van der Waals surface area contributed by atoms with E-state index in [0.29, 0.717) is 17.9 Å². The van der Waals surface area contributed by atoms with E-state index in [1.165, 1.54) is 0 Å². The van der Waals surface area contributed by atoms with Crippen molar-refractivity contribution in [1.82, 2.24) is 5.16 Å². The largest absolute Gasteiger partial charge is 0.481 e. The van der Waals surface area contributed by atoms with Gasteiger partial charge in [0, 0.05) is 18.2 Å². The second-order valence-electron chi connectivity index (χ2n) is 4.37. The lowest BCUT2D eigenvalue weighted by atomic mass is 10.1. The minimum absolute atomic E-state index is 0.0872. The van der Waals surface area contributed by atoms with E-state index in [1.807, 2.05) is 0 Å². The second kappa shape index (κ2) is 6.01. The van der Waals surface area contributed by atoms with Gasteiger partial charge in [0.25, 0.3) is 5.91 Å². The Morgan fingerprint density at radius 3 is 2.55 bits per heavy atom. The van der Waals surface area contributed by atoms with E-state index in [-0.39, 0.29) is 18.0 Å².